The highest BCUT2D eigenvalue weighted by molar-refractivity contribution is 6.31. The Morgan fingerprint density at radius 2 is 1.84 bits per heavy atom. The largest absolute Gasteiger partial charge is 0.469 e. The minimum Gasteiger partial charge on any atom is -0.469 e. The van der Waals surface area contributed by atoms with Crippen LogP contribution >= 0.6 is 11.6 Å². The zero-order valence-corrected chi connectivity index (χ0v) is 20.0. The molecule has 1 heterocycles. The normalized spacial score (nSPS) is 10.9. The van der Waals surface area contributed by atoms with E-state index in [1.54, 1.807) is 0 Å². The first kappa shape index (κ1) is 25.0. The van der Waals surface area contributed by atoms with Gasteiger partial charge in [0.1, 0.15) is 0 Å². The number of ether oxygens (including phenoxy) is 1. The van der Waals surface area contributed by atoms with Crippen molar-refractivity contribution >= 4 is 34.3 Å². The molecular weight excluding hydrogens is 410 g/mol. The maximum Gasteiger partial charge on any atom is 0.305 e. The minimum absolute atomic E-state index is 0.0655. The van der Waals surface area contributed by atoms with Crippen LogP contribution in [0.15, 0.2) is 18.2 Å². The van der Waals surface area contributed by atoms with Crippen LogP contribution in [-0.2, 0) is 23.0 Å². The fourth-order valence-corrected chi connectivity index (χ4v) is 4.00. The van der Waals surface area contributed by atoms with E-state index in [1.807, 2.05) is 25.2 Å². The van der Waals surface area contributed by atoms with Gasteiger partial charge >= 0.3 is 5.97 Å². The van der Waals surface area contributed by atoms with Gasteiger partial charge in [0, 0.05) is 59.4 Å². The molecule has 0 saturated carbocycles. The molecule has 0 aliphatic rings. The van der Waals surface area contributed by atoms with E-state index >= 15 is 0 Å². The number of fused-ring (bicyclic) bond motifs is 1. The van der Waals surface area contributed by atoms with Crippen LogP contribution in [0.5, 0.6) is 0 Å². The minimum atomic E-state index is -0.285. The Hall–Kier alpha value is -2.25. The van der Waals surface area contributed by atoms with Crippen LogP contribution in [0.3, 0.4) is 0 Å². The van der Waals surface area contributed by atoms with Gasteiger partial charge in [0.05, 0.1) is 7.11 Å². The number of rotatable bonds is 11. The topological polar surface area (TPSA) is 48.3 Å². The van der Waals surface area contributed by atoms with Gasteiger partial charge in [0.25, 0.3) is 0 Å². The second-order valence-corrected chi connectivity index (χ2v) is 8.72. The molecule has 0 radical (unpaired) electrons. The van der Waals surface area contributed by atoms with Crippen molar-refractivity contribution in [3.8, 4) is 11.8 Å². The third-order valence-corrected chi connectivity index (χ3v) is 5.67. The van der Waals surface area contributed by atoms with Gasteiger partial charge in [0.15, 0.2) is 5.78 Å². The molecule has 2 aromatic rings. The molecule has 0 amide bonds. The molecule has 168 valence electrons. The van der Waals surface area contributed by atoms with E-state index in [4.69, 9.17) is 11.6 Å². The lowest BCUT2D eigenvalue weighted by Gasteiger charge is -2.08. The van der Waals surface area contributed by atoms with Crippen LogP contribution in [0.4, 0.5) is 0 Å². The number of unbranched alkanes of at least 4 members (excludes halogenated alkanes) is 4. The summed E-state index contributed by atoms with van der Waals surface area (Å²) in [5.41, 5.74) is 2.83. The van der Waals surface area contributed by atoms with Gasteiger partial charge in [-0.3, -0.25) is 9.59 Å². The third kappa shape index (κ3) is 7.43. The number of benzene rings is 1. The molecule has 0 spiro atoms. The Kier molecular flexibility index (Phi) is 10.1. The molecule has 1 aromatic carbocycles. The average Bonchev–Trinajstić information content (AvgIpc) is 3.00. The monoisotopic (exact) mass is 443 g/mol. The molecule has 5 heteroatoms. The smallest absolute Gasteiger partial charge is 0.305 e. The Morgan fingerprint density at radius 3 is 2.55 bits per heavy atom. The Bertz CT molecular complexity index is 962. The van der Waals surface area contributed by atoms with Gasteiger partial charge in [-0.05, 0) is 43.9 Å². The molecule has 0 bridgehead atoms. The quantitative estimate of drug-likeness (QED) is 0.172. The van der Waals surface area contributed by atoms with E-state index < -0.39 is 0 Å². The van der Waals surface area contributed by atoms with E-state index in [1.165, 1.54) is 7.11 Å². The molecular formula is C26H34ClNO3. The number of carbonyl (C=O) groups is 2. The van der Waals surface area contributed by atoms with Gasteiger partial charge < -0.3 is 9.30 Å². The first-order chi connectivity index (χ1) is 14.8. The van der Waals surface area contributed by atoms with Gasteiger partial charge in [-0.2, -0.15) is 0 Å². The van der Waals surface area contributed by atoms with E-state index in [9.17, 15) is 9.59 Å². The predicted molar refractivity (Wildman–Crippen MR) is 128 cm³/mol. The molecule has 1 aromatic heterocycles. The molecule has 0 saturated heterocycles. The molecule has 0 fully saturated rings. The van der Waals surface area contributed by atoms with Crippen molar-refractivity contribution in [1.82, 2.24) is 4.57 Å². The number of methoxy groups -OCH3 is 1. The molecule has 0 atom stereocenters. The summed E-state index contributed by atoms with van der Waals surface area (Å²) in [4.78, 5) is 24.5. The number of carbonyl (C=O) groups excluding carboxylic acids is 2. The summed E-state index contributed by atoms with van der Waals surface area (Å²) in [6.45, 7) is 4.22. The average molecular weight is 444 g/mol. The zero-order valence-electron chi connectivity index (χ0n) is 19.2. The van der Waals surface area contributed by atoms with Crippen LogP contribution in [0.2, 0.25) is 5.02 Å². The fourth-order valence-electron chi connectivity index (χ4n) is 3.83. The van der Waals surface area contributed by atoms with Gasteiger partial charge in [0.2, 0.25) is 0 Å². The fraction of sp³-hybridized carbons (Fsp3) is 0.538. The van der Waals surface area contributed by atoms with Crippen LogP contribution in [0, 0.1) is 17.8 Å². The summed E-state index contributed by atoms with van der Waals surface area (Å²) in [5.74, 6) is 6.66. The number of ketones is 1. The van der Waals surface area contributed by atoms with E-state index in [0.29, 0.717) is 23.8 Å². The summed E-state index contributed by atoms with van der Waals surface area (Å²) in [6, 6.07) is 5.71. The van der Waals surface area contributed by atoms with E-state index in [-0.39, 0.29) is 18.2 Å². The lowest BCUT2D eigenvalue weighted by molar-refractivity contribution is -0.140. The Morgan fingerprint density at radius 1 is 1.10 bits per heavy atom. The van der Waals surface area contributed by atoms with Crippen molar-refractivity contribution in [2.75, 3.05) is 7.11 Å². The van der Waals surface area contributed by atoms with Crippen molar-refractivity contribution in [1.29, 1.82) is 0 Å². The third-order valence-electron chi connectivity index (χ3n) is 5.43. The maximum absolute atomic E-state index is 13.1. The zero-order chi connectivity index (χ0) is 22.8. The van der Waals surface area contributed by atoms with E-state index in [0.717, 1.165) is 60.7 Å². The highest BCUT2D eigenvalue weighted by Crippen LogP contribution is 2.30. The SMILES string of the molecule is COC(=O)CCCC(=O)c1c(CCCCCCC#CC(C)C)n(C)c2ccc(Cl)cc12. The van der Waals surface area contributed by atoms with Crippen molar-refractivity contribution in [2.24, 2.45) is 13.0 Å². The summed E-state index contributed by atoms with van der Waals surface area (Å²) in [7, 11) is 3.38. The van der Waals surface area contributed by atoms with Gasteiger partial charge in [-0.15, -0.1) is 11.8 Å². The molecule has 0 aliphatic heterocycles. The standard InChI is InChI=1S/C26H34ClNO3/c1-19(2)12-9-7-5-6-8-10-13-23-26(24(29)14-11-15-25(30)31-4)21-18-20(27)16-17-22(21)28(23)3/h16-19H,5-8,10-11,13-15H2,1-4H3. The van der Waals surface area contributed by atoms with Gasteiger partial charge in [-0.25, -0.2) is 0 Å². The predicted octanol–water partition coefficient (Wildman–Crippen LogP) is 6.51. The lowest BCUT2D eigenvalue weighted by atomic mass is 9.99. The van der Waals surface area contributed by atoms with Crippen LogP contribution in [0.1, 0.15) is 81.3 Å². The lowest BCUT2D eigenvalue weighted by Crippen LogP contribution is -2.07. The van der Waals surface area contributed by atoms with Crippen LogP contribution < -0.4 is 0 Å². The molecule has 0 aliphatic carbocycles. The summed E-state index contributed by atoms with van der Waals surface area (Å²) in [5, 5.41) is 1.52. The number of hydrogen-bond donors (Lipinski definition) is 0. The molecule has 2 rings (SSSR count). The molecule has 0 unspecified atom stereocenters. The number of hydrogen-bond acceptors (Lipinski definition) is 3. The number of aromatic nitrogens is 1. The van der Waals surface area contributed by atoms with Crippen LogP contribution in [-0.4, -0.2) is 23.4 Å². The van der Waals surface area contributed by atoms with E-state index in [2.05, 4.69) is 35.0 Å². The highest BCUT2D eigenvalue weighted by atomic mass is 35.5. The number of aryl methyl sites for hydroxylation is 1. The summed E-state index contributed by atoms with van der Waals surface area (Å²) >= 11 is 6.24. The maximum atomic E-state index is 13.1. The van der Waals surface area contributed by atoms with Crippen LogP contribution in [0.25, 0.3) is 10.9 Å². The van der Waals surface area contributed by atoms with Crippen molar-refractivity contribution in [2.45, 2.75) is 71.6 Å². The second-order valence-electron chi connectivity index (χ2n) is 8.29. The summed E-state index contributed by atoms with van der Waals surface area (Å²) < 4.78 is 6.80. The highest BCUT2D eigenvalue weighted by Gasteiger charge is 2.21. The number of halogens is 1. The Balaban J connectivity index is 2.07. The van der Waals surface area contributed by atoms with Crippen molar-refractivity contribution in [3.63, 3.8) is 0 Å². The first-order valence-electron chi connectivity index (χ1n) is 11.2. The van der Waals surface area contributed by atoms with Crippen molar-refractivity contribution < 1.29 is 14.3 Å². The number of esters is 1. The molecule has 31 heavy (non-hydrogen) atoms. The van der Waals surface area contributed by atoms with Crippen molar-refractivity contribution in [3.05, 3.63) is 34.5 Å². The molecule has 4 nitrogen and oxygen atoms in total. The summed E-state index contributed by atoms with van der Waals surface area (Å²) in [6.07, 6.45) is 7.26. The second kappa shape index (κ2) is 12.6. The first-order valence-corrected chi connectivity index (χ1v) is 11.6. The number of Topliss-reactive ketones (excluding diaryl/α,β-unsaturated/α-hetero) is 1. The Labute approximate surface area is 191 Å². The molecule has 0 N–H and O–H groups in total. The van der Waals surface area contributed by atoms with Gasteiger partial charge in [-0.1, -0.05) is 38.3 Å². The number of nitrogens with zero attached hydrogens (tertiary/aromatic N) is 1.